The van der Waals surface area contributed by atoms with Crippen LogP contribution in [0.1, 0.15) is 0 Å². The SMILES string of the molecule is C=C/N=C\C=C/NC. The average molecular weight is 110 g/mol. The highest BCUT2D eigenvalue weighted by Gasteiger charge is 1.56. The summed E-state index contributed by atoms with van der Waals surface area (Å²) in [6, 6.07) is 0. The molecule has 0 saturated carbocycles. The summed E-state index contributed by atoms with van der Waals surface area (Å²) in [5.74, 6) is 0. The predicted octanol–water partition coefficient (Wildman–Crippen LogP) is 0.934. The highest BCUT2D eigenvalue weighted by atomic mass is 14.8. The lowest BCUT2D eigenvalue weighted by atomic mass is 10.6. The molecule has 44 valence electrons. The van der Waals surface area contributed by atoms with Gasteiger partial charge in [-0.25, -0.2) is 0 Å². The summed E-state index contributed by atoms with van der Waals surface area (Å²) in [7, 11) is 1.83. The Balaban J connectivity index is 3.26. The minimum absolute atomic E-state index is 1.49. The smallest absolute Gasteiger partial charge is 0.0281 e. The van der Waals surface area contributed by atoms with Crippen LogP contribution in [0, 0.1) is 0 Å². The van der Waals surface area contributed by atoms with Crippen molar-refractivity contribution < 1.29 is 0 Å². The highest BCUT2D eigenvalue weighted by Crippen LogP contribution is 1.64. The van der Waals surface area contributed by atoms with Gasteiger partial charge in [0.05, 0.1) is 0 Å². The molecule has 0 aromatic carbocycles. The molecule has 8 heavy (non-hydrogen) atoms. The van der Waals surface area contributed by atoms with E-state index >= 15 is 0 Å². The Labute approximate surface area is 49.6 Å². The maximum absolute atomic E-state index is 3.72. The fourth-order valence-corrected chi connectivity index (χ4v) is 0.250. The second-order valence-electron chi connectivity index (χ2n) is 1.13. The van der Waals surface area contributed by atoms with Crippen LogP contribution in [0.3, 0.4) is 0 Å². The van der Waals surface area contributed by atoms with Gasteiger partial charge in [0.15, 0.2) is 0 Å². The van der Waals surface area contributed by atoms with Gasteiger partial charge >= 0.3 is 0 Å². The lowest BCUT2D eigenvalue weighted by Crippen LogP contribution is -1.90. The molecule has 0 spiro atoms. The Morgan fingerprint density at radius 3 is 2.88 bits per heavy atom. The maximum atomic E-state index is 3.72. The lowest BCUT2D eigenvalue weighted by molar-refractivity contribution is 1.11. The van der Waals surface area contributed by atoms with E-state index in [1.165, 1.54) is 6.20 Å². The molecule has 0 atom stereocenters. The van der Waals surface area contributed by atoms with Crippen LogP contribution in [0.25, 0.3) is 0 Å². The van der Waals surface area contributed by atoms with Crippen molar-refractivity contribution in [1.29, 1.82) is 0 Å². The van der Waals surface area contributed by atoms with E-state index in [9.17, 15) is 0 Å². The standard InChI is InChI=1S/C6H10N2/c1-3-8-6-4-5-7-2/h3-7H,1H2,2H3/b5-4-,8-6-. The number of nitrogens with one attached hydrogen (secondary N) is 1. The zero-order valence-corrected chi connectivity index (χ0v) is 4.96. The van der Waals surface area contributed by atoms with E-state index in [0.717, 1.165) is 0 Å². The van der Waals surface area contributed by atoms with Gasteiger partial charge < -0.3 is 5.32 Å². The fraction of sp³-hybridized carbons (Fsp3) is 0.167. The number of hydrogen-bond acceptors (Lipinski definition) is 2. The Morgan fingerprint density at radius 2 is 2.38 bits per heavy atom. The van der Waals surface area contributed by atoms with Crippen molar-refractivity contribution in [3.63, 3.8) is 0 Å². The Morgan fingerprint density at radius 1 is 1.62 bits per heavy atom. The summed E-state index contributed by atoms with van der Waals surface area (Å²) in [5, 5.41) is 2.82. The number of rotatable bonds is 3. The van der Waals surface area contributed by atoms with Crippen LogP contribution >= 0.6 is 0 Å². The fourth-order valence-electron chi connectivity index (χ4n) is 0.250. The Hall–Kier alpha value is -1.05. The van der Waals surface area contributed by atoms with Crippen molar-refractivity contribution in [2.75, 3.05) is 7.05 Å². The summed E-state index contributed by atoms with van der Waals surface area (Å²) < 4.78 is 0. The molecule has 2 heteroatoms. The van der Waals surface area contributed by atoms with Crippen LogP contribution in [0.4, 0.5) is 0 Å². The third-order valence-corrected chi connectivity index (χ3v) is 0.540. The van der Waals surface area contributed by atoms with E-state index in [0.29, 0.717) is 0 Å². The molecule has 0 unspecified atom stereocenters. The first-order chi connectivity index (χ1) is 3.91. The quantitative estimate of drug-likeness (QED) is 0.537. The molecule has 0 amide bonds. The van der Waals surface area contributed by atoms with Gasteiger partial charge in [0.1, 0.15) is 0 Å². The monoisotopic (exact) mass is 110 g/mol. The van der Waals surface area contributed by atoms with E-state index in [1.807, 2.05) is 7.05 Å². The molecule has 0 bridgehead atoms. The van der Waals surface area contributed by atoms with Crippen molar-refractivity contribution in [2.45, 2.75) is 0 Å². The van der Waals surface area contributed by atoms with Crippen LogP contribution in [-0.4, -0.2) is 13.3 Å². The molecule has 0 fully saturated rings. The van der Waals surface area contributed by atoms with E-state index in [1.54, 1.807) is 18.5 Å². The van der Waals surface area contributed by atoms with E-state index < -0.39 is 0 Å². The average Bonchev–Trinajstić information content (AvgIpc) is 1.81. The van der Waals surface area contributed by atoms with Crippen molar-refractivity contribution in [1.82, 2.24) is 5.32 Å². The van der Waals surface area contributed by atoms with Gasteiger partial charge in [-0.1, -0.05) is 6.58 Å². The van der Waals surface area contributed by atoms with Gasteiger partial charge in [-0.05, 0) is 12.3 Å². The van der Waals surface area contributed by atoms with Crippen molar-refractivity contribution in [3.05, 3.63) is 25.1 Å². The van der Waals surface area contributed by atoms with Crippen molar-refractivity contribution in [2.24, 2.45) is 4.99 Å². The maximum Gasteiger partial charge on any atom is 0.0281 e. The van der Waals surface area contributed by atoms with Gasteiger partial charge in [-0.15, -0.1) is 0 Å². The summed E-state index contributed by atoms with van der Waals surface area (Å²) in [6.07, 6.45) is 6.72. The van der Waals surface area contributed by atoms with Crippen LogP contribution in [0.5, 0.6) is 0 Å². The molecule has 0 rings (SSSR count). The largest absolute Gasteiger partial charge is 0.394 e. The molecule has 0 saturated heterocycles. The molecular weight excluding hydrogens is 100 g/mol. The molecular formula is C6H10N2. The van der Waals surface area contributed by atoms with Crippen LogP contribution in [0.15, 0.2) is 30.0 Å². The van der Waals surface area contributed by atoms with Gasteiger partial charge in [-0.3, -0.25) is 4.99 Å². The van der Waals surface area contributed by atoms with Gasteiger partial charge in [0, 0.05) is 19.5 Å². The minimum Gasteiger partial charge on any atom is -0.394 e. The van der Waals surface area contributed by atoms with Gasteiger partial charge in [0.2, 0.25) is 0 Å². The van der Waals surface area contributed by atoms with E-state index in [-0.39, 0.29) is 0 Å². The first-order valence-electron chi connectivity index (χ1n) is 2.38. The zero-order chi connectivity index (χ0) is 6.24. The number of hydrogen-bond donors (Lipinski definition) is 1. The number of nitrogens with zero attached hydrogens (tertiary/aromatic N) is 1. The summed E-state index contributed by atoms with van der Waals surface area (Å²) in [5.41, 5.74) is 0. The number of aliphatic imine (C=N–C) groups is 1. The molecule has 0 aromatic rings. The third-order valence-electron chi connectivity index (χ3n) is 0.540. The Kier molecular flexibility index (Phi) is 5.17. The summed E-state index contributed by atoms with van der Waals surface area (Å²) >= 11 is 0. The lowest BCUT2D eigenvalue weighted by Gasteiger charge is -1.77. The van der Waals surface area contributed by atoms with E-state index in [2.05, 4.69) is 16.9 Å². The van der Waals surface area contributed by atoms with E-state index in [4.69, 9.17) is 0 Å². The van der Waals surface area contributed by atoms with Crippen LogP contribution in [0.2, 0.25) is 0 Å². The molecule has 0 radical (unpaired) electrons. The molecule has 2 nitrogen and oxygen atoms in total. The Bertz CT molecular complexity index is 103. The normalized spacial score (nSPS) is 10.6. The van der Waals surface area contributed by atoms with Gasteiger partial charge in [-0.2, -0.15) is 0 Å². The topological polar surface area (TPSA) is 24.4 Å². The molecule has 0 aliphatic carbocycles. The van der Waals surface area contributed by atoms with Crippen molar-refractivity contribution >= 4 is 6.21 Å². The minimum atomic E-state index is 1.49. The number of allylic oxidation sites excluding steroid dienone is 1. The third kappa shape index (κ3) is 4.95. The first kappa shape index (κ1) is 6.95. The summed E-state index contributed by atoms with van der Waals surface area (Å²) in [4.78, 5) is 3.72. The first-order valence-corrected chi connectivity index (χ1v) is 2.38. The summed E-state index contributed by atoms with van der Waals surface area (Å²) in [6.45, 7) is 3.41. The molecule has 0 aliphatic heterocycles. The zero-order valence-electron chi connectivity index (χ0n) is 4.96. The van der Waals surface area contributed by atoms with Crippen LogP contribution < -0.4 is 5.32 Å². The highest BCUT2D eigenvalue weighted by molar-refractivity contribution is 5.71. The van der Waals surface area contributed by atoms with Gasteiger partial charge in [0.25, 0.3) is 0 Å². The molecule has 0 aliphatic rings. The second kappa shape index (κ2) is 5.95. The predicted molar refractivity (Wildman–Crippen MR) is 36.9 cm³/mol. The molecule has 0 aromatic heterocycles. The van der Waals surface area contributed by atoms with Crippen LogP contribution in [-0.2, 0) is 0 Å². The second-order valence-corrected chi connectivity index (χ2v) is 1.13. The van der Waals surface area contributed by atoms with Crippen molar-refractivity contribution in [3.8, 4) is 0 Å². The molecule has 0 heterocycles. The molecule has 1 N–H and O–H groups in total.